The summed E-state index contributed by atoms with van der Waals surface area (Å²) in [5.74, 6) is 1.78. The minimum Gasteiger partial charge on any atom is -0.456 e. The minimum atomic E-state index is 0.570. The molecule has 12 rings (SSSR count). The van der Waals surface area contributed by atoms with Gasteiger partial charge in [-0.25, -0.2) is 15.0 Å². The molecule has 0 aliphatic carbocycles. The van der Waals surface area contributed by atoms with Crippen molar-refractivity contribution in [3.05, 3.63) is 176 Å². The zero-order valence-electron chi connectivity index (χ0n) is 29.9. The van der Waals surface area contributed by atoms with Gasteiger partial charge in [-0.05, 0) is 86.6 Å². The highest BCUT2D eigenvalue weighted by Gasteiger charge is 2.21. The van der Waals surface area contributed by atoms with E-state index in [1.165, 1.54) is 0 Å². The second-order valence-electron chi connectivity index (χ2n) is 14.4. The van der Waals surface area contributed by atoms with Crippen molar-refractivity contribution < 1.29 is 8.83 Å². The first kappa shape index (κ1) is 30.8. The van der Waals surface area contributed by atoms with Gasteiger partial charge in [0.1, 0.15) is 22.3 Å². The Morgan fingerprint density at radius 3 is 1.59 bits per heavy atom. The molecular formula is C51H29N3O2. The lowest BCUT2D eigenvalue weighted by Crippen LogP contribution is -2.01. The van der Waals surface area contributed by atoms with E-state index in [9.17, 15) is 0 Å². The molecule has 0 saturated carbocycles. The van der Waals surface area contributed by atoms with Gasteiger partial charge in [0.15, 0.2) is 17.5 Å². The maximum atomic E-state index is 6.61. The lowest BCUT2D eigenvalue weighted by molar-refractivity contribution is 0.669. The number of benzene rings is 9. The molecule has 0 amide bonds. The van der Waals surface area contributed by atoms with Gasteiger partial charge in [-0.15, -0.1) is 0 Å². The maximum Gasteiger partial charge on any atom is 0.164 e. The van der Waals surface area contributed by atoms with Crippen LogP contribution in [0.25, 0.3) is 121 Å². The second-order valence-corrected chi connectivity index (χ2v) is 14.4. The molecule has 0 aliphatic heterocycles. The van der Waals surface area contributed by atoms with Crippen LogP contribution in [0.2, 0.25) is 0 Å². The summed E-state index contributed by atoms with van der Waals surface area (Å²) in [7, 11) is 0. The summed E-state index contributed by atoms with van der Waals surface area (Å²) < 4.78 is 13.2. The Bertz CT molecular complexity index is 3460. The van der Waals surface area contributed by atoms with E-state index in [-0.39, 0.29) is 0 Å². The van der Waals surface area contributed by atoms with E-state index in [1.54, 1.807) is 0 Å². The fraction of sp³-hybridized carbons (Fsp3) is 0. The van der Waals surface area contributed by atoms with E-state index in [1.807, 2.05) is 18.2 Å². The first-order valence-corrected chi connectivity index (χ1v) is 18.7. The van der Waals surface area contributed by atoms with Gasteiger partial charge in [0.25, 0.3) is 0 Å². The highest BCUT2D eigenvalue weighted by atomic mass is 16.3. The Hall–Kier alpha value is -7.63. The van der Waals surface area contributed by atoms with Crippen molar-refractivity contribution in [2.75, 3.05) is 0 Å². The summed E-state index contributed by atoms with van der Waals surface area (Å²) in [6, 6.07) is 61.1. The molecule has 9 aromatic carbocycles. The van der Waals surface area contributed by atoms with E-state index < -0.39 is 0 Å². The summed E-state index contributed by atoms with van der Waals surface area (Å²) in [5.41, 5.74) is 7.97. The van der Waals surface area contributed by atoms with Crippen LogP contribution in [0, 0.1) is 0 Å². The van der Waals surface area contributed by atoms with Crippen LogP contribution >= 0.6 is 0 Å². The molecule has 0 bridgehead atoms. The Morgan fingerprint density at radius 1 is 0.304 bits per heavy atom. The lowest BCUT2D eigenvalue weighted by atomic mass is 9.97. The van der Waals surface area contributed by atoms with E-state index in [0.717, 1.165) is 104 Å². The SMILES string of the molecule is c1ccc2cc(-c3nc(-c4ccc5ccccc5c4)nc(-c4cc(-c5ccc6c(c5)oc5c7ccccc7ccc65)cc5oc6ccccc6c45)n3)ccc2c1. The molecule has 3 aromatic heterocycles. The highest BCUT2D eigenvalue weighted by molar-refractivity contribution is 6.16. The molecule has 0 N–H and O–H groups in total. The van der Waals surface area contributed by atoms with Crippen LogP contribution in [0.1, 0.15) is 0 Å². The molecule has 0 aliphatic rings. The zero-order chi connectivity index (χ0) is 36.7. The molecule has 5 heteroatoms. The van der Waals surface area contributed by atoms with Gasteiger partial charge >= 0.3 is 0 Å². The molecule has 56 heavy (non-hydrogen) atoms. The smallest absolute Gasteiger partial charge is 0.164 e. The number of furan rings is 2. The van der Waals surface area contributed by atoms with Gasteiger partial charge in [0.05, 0.1) is 0 Å². The number of fused-ring (bicyclic) bond motifs is 10. The summed E-state index contributed by atoms with van der Waals surface area (Å²) in [6.07, 6.45) is 0. The molecule has 0 unspecified atom stereocenters. The Kier molecular flexibility index (Phi) is 6.56. The minimum absolute atomic E-state index is 0.570. The molecule has 12 aromatic rings. The Balaban J connectivity index is 1.11. The molecule has 260 valence electrons. The van der Waals surface area contributed by atoms with Gasteiger partial charge in [-0.3, -0.25) is 0 Å². The number of aromatic nitrogens is 3. The monoisotopic (exact) mass is 715 g/mol. The predicted octanol–water partition coefficient (Wildman–Crippen LogP) is 13.8. The van der Waals surface area contributed by atoms with Crippen LogP contribution in [-0.2, 0) is 0 Å². The van der Waals surface area contributed by atoms with Gasteiger partial charge in [0, 0.05) is 43.6 Å². The molecular weight excluding hydrogens is 687 g/mol. The van der Waals surface area contributed by atoms with Crippen LogP contribution in [-0.4, -0.2) is 15.0 Å². The van der Waals surface area contributed by atoms with E-state index in [2.05, 4.69) is 158 Å². The standard InChI is InChI=1S/C51H29N3O2/c1-3-12-33-25-36(19-17-30(33)9-1)49-52-50(37-20-18-31-10-2-4-13-34(31)26-37)54-51(53-49)43-27-38(29-46-47(43)42-15-7-8-16-44(42)55-46)35-22-23-40-41-24-21-32-11-5-6-14-39(32)48(41)56-45(40)28-35/h1-29H. The summed E-state index contributed by atoms with van der Waals surface area (Å²) in [4.78, 5) is 15.7. The van der Waals surface area contributed by atoms with Crippen molar-refractivity contribution in [2.24, 2.45) is 0 Å². The third-order valence-electron chi connectivity index (χ3n) is 11.1. The molecule has 0 radical (unpaired) electrons. The van der Waals surface area contributed by atoms with Crippen molar-refractivity contribution in [1.29, 1.82) is 0 Å². The van der Waals surface area contributed by atoms with E-state index in [4.69, 9.17) is 23.8 Å². The number of hydrogen-bond donors (Lipinski definition) is 0. The number of para-hydroxylation sites is 1. The average Bonchev–Trinajstić information content (AvgIpc) is 3.84. The quantitative estimate of drug-likeness (QED) is 0.181. The van der Waals surface area contributed by atoms with Crippen molar-refractivity contribution in [1.82, 2.24) is 15.0 Å². The maximum absolute atomic E-state index is 6.61. The fourth-order valence-electron chi connectivity index (χ4n) is 8.29. The van der Waals surface area contributed by atoms with Gasteiger partial charge in [-0.1, -0.05) is 127 Å². The normalized spacial score (nSPS) is 11.9. The van der Waals surface area contributed by atoms with E-state index in [0.29, 0.717) is 17.5 Å². The number of rotatable bonds is 4. The summed E-state index contributed by atoms with van der Waals surface area (Å²) in [5, 5.41) is 11.0. The molecule has 0 saturated heterocycles. The van der Waals surface area contributed by atoms with Crippen molar-refractivity contribution in [3.8, 4) is 45.3 Å². The third kappa shape index (κ3) is 4.84. The topological polar surface area (TPSA) is 65.0 Å². The van der Waals surface area contributed by atoms with Crippen molar-refractivity contribution in [3.63, 3.8) is 0 Å². The Morgan fingerprint density at radius 2 is 0.857 bits per heavy atom. The van der Waals surface area contributed by atoms with Crippen LogP contribution in [0.15, 0.2) is 185 Å². The van der Waals surface area contributed by atoms with E-state index >= 15 is 0 Å². The molecule has 0 atom stereocenters. The number of nitrogens with zero attached hydrogens (tertiary/aromatic N) is 3. The van der Waals surface area contributed by atoms with Gasteiger partial charge in [0.2, 0.25) is 0 Å². The van der Waals surface area contributed by atoms with Crippen LogP contribution in [0.5, 0.6) is 0 Å². The summed E-state index contributed by atoms with van der Waals surface area (Å²) >= 11 is 0. The fourth-order valence-corrected chi connectivity index (χ4v) is 8.29. The van der Waals surface area contributed by atoms with Crippen molar-refractivity contribution in [2.45, 2.75) is 0 Å². The lowest BCUT2D eigenvalue weighted by Gasteiger charge is -2.12. The first-order chi connectivity index (χ1) is 27.7. The first-order valence-electron chi connectivity index (χ1n) is 18.7. The summed E-state index contributed by atoms with van der Waals surface area (Å²) in [6.45, 7) is 0. The van der Waals surface area contributed by atoms with Crippen molar-refractivity contribution >= 4 is 76.2 Å². The molecule has 0 spiro atoms. The average molecular weight is 716 g/mol. The largest absolute Gasteiger partial charge is 0.456 e. The van der Waals surface area contributed by atoms with Gasteiger partial charge < -0.3 is 8.83 Å². The van der Waals surface area contributed by atoms with Crippen LogP contribution < -0.4 is 0 Å². The number of hydrogen-bond acceptors (Lipinski definition) is 5. The predicted molar refractivity (Wildman–Crippen MR) is 229 cm³/mol. The van der Waals surface area contributed by atoms with Gasteiger partial charge in [-0.2, -0.15) is 0 Å². The molecule has 0 fully saturated rings. The highest BCUT2D eigenvalue weighted by Crippen LogP contribution is 2.42. The second kappa shape index (κ2) is 11.9. The van der Waals surface area contributed by atoms with Crippen LogP contribution in [0.3, 0.4) is 0 Å². The molecule has 3 heterocycles. The zero-order valence-corrected chi connectivity index (χ0v) is 29.9. The molecule has 5 nitrogen and oxygen atoms in total. The third-order valence-corrected chi connectivity index (χ3v) is 11.1. The van der Waals surface area contributed by atoms with Crippen LogP contribution in [0.4, 0.5) is 0 Å². The Labute approximate surface area is 320 Å².